The highest BCUT2D eigenvalue weighted by Gasteiger charge is 2.16. The van der Waals surface area contributed by atoms with Crippen molar-refractivity contribution < 1.29 is 9.47 Å². The van der Waals surface area contributed by atoms with Gasteiger partial charge in [0, 0.05) is 7.05 Å². The van der Waals surface area contributed by atoms with E-state index in [1.165, 1.54) is 0 Å². The number of rotatable bonds is 4. The summed E-state index contributed by atoms with van der Waals surface area (Å²) >= 11 is 0. The molecule has 2 aromatic rings. The molecule has 0 aliphatic heterocycles. The molecule has 0 amide bonds. The van der Waals surface area contributed by atoms with Gasteiger partial charge >= 0.3 is 0 Å². The van der Waals surface area contributed by atoms with E-state index in [2.05, 4.69) is 11.2 Å². The van der Waals surface area contributed by atoms with Crippen molar-refractivity contribution in [1.29, 1.82) is 5.26 Å². The number of hydrogen-bond acceptors (Lipinski definition) is 4. The van der Waals surface area contributed by atoms with Crippen LogP contribution in [0.3, 0.4) is 0 Å². The van der Waals surface area contributed by atoms with Gasteiger partial charge in [0.15, 0.2) is 11.5 Å². The van der Waals surface area contributed by atoms with Gasteiger partial charge in [0.2, 0.25) is 5.88 Å². The Bertz CT molecular complexity index is 626. The van der Waals surface area contributed by atoms with Crippen LogP contribution in [0.25, 0.3) is 0 Å². The summed E-state index contributed by atoms with van der Waals surface area (Å²) in [6.45, 7) is 4.24. The van der Waals surface area contributed by atoms with Gasteiger partial charge in [0.05, 0.1) is 12.3 Å². The molecule has 2 rings (SSSR count). The molecule has 0 saturated heterocycles. The molecule has 0 aliphatic carbocycles. The van der Waals surface area contributed by atoms with Crippen LogP contribution in [0.5, 0.6) is 17.4 Å². The minimum atomic E-state index is 0.423. The molecule has 0 aliphatic rings. The summed E-state index contributed by atoms with van der Waals surface area (Å²) in [5.41, 5.74) is 1.09. The van der Waals surface area contributed by atoms with E-state index in [0.717, 1.165) is 0 Å². The van der Waals surface area contributed by atoms with E-state index >= 15 is 0 Å². The lowest BCUT2D eigenvalue weighted by molar-refractivity contribution is 0.316. The Morgan fingerprint density at radius 1 is 1.32 bits per heavy atom. The summed E-state index contributed by atoms with van der Waals surface area (Å²) in [6, 6.07) is 9.46. The Hall–Kier alpha value is -2.48. The molecule has 1 aromatic heterocycles. The molecular weight excluding hydrogens is 242 g/mol. The Morgan fingerprint density at radius 2 is 2.00 bits per heavy atom. The van der Waals surface area contributed by atoms with Crippen molar-refractivity contribution in [2.24, 2.45) is 7.05 Å². The number of nitriles is 1. The predicted molar refractivity (Wildman–Crippen MR) is 70.3 cm³/mol. The highest BCUT2D eigenvalue weighted by Crippen LogP contribution is 2.33. The minimum absolute atomic E-state index is 0.423. The topological polar surface area (TPSA) is 60.1 Å². The Morgan fingerprint density at radius 3 is 2.63 bits per heavy atom. The number of hydrogen-bond donors (Lipinski definition) is 0. The molecule has 0 bridgehead atoms. The summed E-state index contributed by atoms with van der Waals surface area (Å²) in [4.78, 5) is 0. The van der Waals surface area contributed by atoms with E-state index in [1.54, 1.807) is 24.7 Å². The Kier molecular flexibility index (Phi) is 3.71. The molecule has 1 aromatic carbocycles. The Balaban J connectivity index is 2.39. The van der Waals surface area contributed by atoms with Gasteiger partial charge in [-0.15, -0.1) is 0 Å². The van der Waals surface area contributed by atoms with E-state index in [1.807, 2.05) is 25.1 Å². The van der Waals surface area contributed by atoms with Crippen LogP contribution in [0.4, 0.5) is 0 Å². The zero-order chi connectivity index (χ0) is 13.8. The van der Waals surface area contributed by atoms with Crippen LogP contribution in [-0.2, 0) is 7.05 Å². The van der Waals surface area contributed by atoms with E-state index in [9.17, 15) is 0 Å². The second kappa shape index (κ2) is 5.44. The fraction of sp³-hybridized carbons (Fsp3) is 0.286. The van der Waals surface area contributed by atoms with Crippen molar-refractivity contribution in [3.63, 3.8) is 0 Å². The second-order valence-electron chi connectivity index (χ2n) is 3.98. The van der Waals surface area contributed by atoms with Crippen LogP contribution in [0.1, 0.15) is 18.2 Å². The summed E-state index contributed by atoms with van der Waals surface area (Å²) in [5, 5.41) is 13.3. The molecular formula is C14H15N3O2. The quantitative estimate of drug-likeness (QED) is 0.845. The third-order valence-corrected chi connectivity index (χ3v) is 2.64. The van der Waals surface area contributed by atoms with Crippen molar-refractivity contribution >= 4 is 0 Å². The molecule has 0 unspecified atom stereocenters. The molecule has 0 spiro atoms. The average Bonchev–Trinajstić information content (AvgIpc) is 2.66. The van der Waals surface area contributed by atoms with Crippen LogP contribution in [0, 0.1) is 18.3 Å². The second-order valence-corrected chi connectivity index (χ2v) is 3.98. The minimum Gasteiger partial charge on any atom is -0.490 e. The summed E-state index contributed by atoms with van der Waals surface area (Å²) in [5.74, 6) is 1.64. The van der Waals surface area contributed by atoms with E-state index in [0.29, 0.717) is 35.2 Å². The number of para-hydroxylation sites is 2. The molecule has 5 nitrogen and oxygen atoms in total. The first kappa shape index (κ1) is 13.0. The molecule has 0 fully saturated rings. The van der Waals surface area contributed by atoms with Gasteiger partial charge in [-0.1, -0.05) is 12.1 Å². The largest absolute Gasteiger partial charge is 0.490 e. The highest BCUT2D eigenvalue weighted by molar-refractivity contribution is 5.47. The van der Waals surface area contributed by atoms with Crippen LogP contribution in [-0.4, -0.2) is 16.4 Å². The highest BCUT2D eigenvalue weighted by atomic mass is 16.5. The lowest BCUT2D eigenvalue weighted by Crippen LogP contribution is -1.99. The fourth-order valence-electron chi connectivity index (χ4n) is 1.80. The molecule has 19 heavy (non-hydrogen) atoms. The lowest BCUT2D eigenvalue weighted by atomic mass is 10.3. The van der Waals surface area contributed by atoms with Crippen molar-refractivity contribution in [2.75, 3.05) is 6.61 Å². The third-order valence-electron chi connectivity index (χ3n) is 2.64. The number of ether oxygens (including phenoxy) is 2. The average molecular weight is 257 g/mol. The molecule has 98 valence electrons. The SMILES string of the molecule is CCOc1ccccc1Oc1c(C#N)c(C)nn1C. The molecule has 0 saturated carbocycles. The third kappa shape index (κ3) is 2.52. The van der Waals surface area contributed by atoms with Gasteiger partial charge in [-0.05, 0) is 26.0 Å². The van der Waals surface area contributed by atoms with Gasteiger partial charge < -0.3 is 9.47 Å². The molecule has 1 heterocycles. The van der Waals surface area contributed by atoms with Crippen molar-refractivity contribution in [1.82, 2.24) is 9.78 Å². The zero-order valence-corrected chi connectivity index (χ0v) is 11.2. The van der Waals surface area contributed by atoms with Gasteiger partial charge in [0.25, 0.3) is 0 Å². The molecule has 5 heteroatoms. The van der Waals surface area contributed by atoms with Gasteiger partial charge in [-0.3, -0.25) is 0 Å². The summed E-state index contributed by atoms with van der Waals surface area (Å²) in [6.07, 6.45) is 0. The van der Waals surface area contributed by atoms with Gasteiger partial charge in [-0.2, -0.15) is 10.4 Å². The van der Waals surface area contributed by atoms with E-state index < -0.39 is 0 Å². The van der Waals surface area contributed by atoms with Crippen molar-refractivity contribution in [2.45, 2.75) is 13.8 Å². The maximum Gasteiger partial charge on any atom is 0.236 e. The molecule has 0 atom stereocenters. The summed E-state index contributed by atoms with van der Waals surface area (Å²) < 4.78 is 12.8. The van der Waals surface area contributed by atoms with Crippen LogP contribution in [0.15, 0.2) is 24.3 Å². The lowest BCUT2D eigenvalue weighted by Gasteiger charge is -2.11. The molecule has 0 N–H and O–H groups in total. The smallest absolute Gasteiger partial charge is 0.236 e. The van der Waals surface area contributed by atoms with Crippen LogP contribution in [0.2, 0.25) is 0 Å². The zero-order valence-electron chi connectivity index (χ0n) is 11.2. The maximum atomic E-state index is 9.15. The standard InChI is InChI=1S/C14H15N3O2/c1-4-18-12-7-5-6-8-13(12)19-14-11(9-15)10(2)16-17(14)3/h5-8H,4H2,1-3H3. The first-order chi connectivity index (χ1) is 9.17. The van der Waals surface area contributed by atoms with E-state index in [4.69, 9.17) is 14.7 Å². The van der Waals surface area contributed by atoms with Crippen LogP contribution >= 0.6 is 0 Å². The number of benzene rings is 1. The number of aromatic nitrogens is 2. The van der Waals surface area contributed by atoms with Gasteiger partial charge in [0.1, 0.15) is 11.6 Å². The first-order valence-corrected chi connectivity index (χ1v) is 6.00. The first-order valence-electron chi connectivity index (χ1n) is 6.00. The number of aryl methyl sites for hydroxylation is 2. The van der Waals surface area contributed by atoms with Gasteiger partial charge in [-0.25, -0.2) is 4.68 Å². The van der Waals surface area contributed by atoms with Crippen molar-refractivity contribution in [3.8, 4) is 23.4 Å². The number of nitrogens with zero attached hydrogens (tertiary/aromatic N) is 3. The monoisotopic (exact) mass is 257 g/mol. The fourth-order valence-corrected chi connectivity index (χ4v) is 1.80. The summed E-state index contributed by atoms with van der Waals surface area (Å²) in [7, 11) is 1.74. The van der Waals surface area contributed by atoms with E-state index in [-0.39, 0.29) is 0 Å². The maximum absolute atomic E-state index is 9.15. The molecule has 0 radical (unpaired) electrons. The normalized spacial score (nSPS) is 10.0. The Labute approximate surface area is 112 Å². The van der Waals surface area contributed by atoms with Crippen molar-refractivity contribution in [3.05, 3.63) is 35.5 Å². The predicted octanol–water partition coefficient (Wildman–Crippen LogP) is 2.79. The van der Waals surface area contributed by atoms with Crippen LogP contribution < -0.4 is 9.47 Å².